The predicted molar refractivity (Wildman–Crippen MR) is 78.4 cm³/mol. The van der Waals surface area contributed by atoms with Gasteiger partial charge in [-0.1, -0.05) is 0 Å². The van der Waals surface area contributed by atoms with E-state index >= 15 is 0 Å². The van der Waals surface area contributed by atoms with Crippen molar-refractivity contribution in [3.8, 4) is 0 Å². The Balaban J connectivity index is 1.78. The van der Waals surface area contributed by atoms with Gasteiger partial charge in [0.05, 0.1) is 9.35 Å². The first-order valence-electron chi connectivity index (χ1n) is 6.01. The molecule has 1 aliphatic rings. The number of amides is 1. The van der Waals surface area contributed by atoms with Crippen LogP contribution in [-0.2, 0) is 12.8 Å². The monoisotopic (exact) mass is 339 g/mol. The van der Waals surface area contributed by atoms with Gasteiger partial charge >= 0.3 is 0 Å². The van der Waals surface area contributed by atoms with Crippen molar-refractivity contribution in [2.75, 3.05) is 5.32 Å². The highest BCUT2D eigenvalue weighted by atomic mass is 79.9. The lowest BCUT2D eigenvalue weighted by Gasteiger charge is -2.04. The Morgan fingerprint density at radius 3 is 2.89 bits per heavy atom. The average Bonchev–Trinajstić information content (AvgIpc) is 2.94. The highest BCUT2D eigenvalue weighted by Crippen LogP contribution is 2.31. The molecule has 2 aromatic rings. The van der Waals surface area contributed by atoms with Gasteiger partial charge < -0.3 is 5.32 Å². The molecule has 1 aromatic heterocycles. The second-order valence-corrected chi connectivity index (χ2v) is 6.49. The fourth-order valence-electron chi connectivity index (χ4n) is 2.21. The molecule has 1 heterocycles. The Morgan fingerprint density at radius 2 is 2.16 bits per heavy atom. The van der Waals surface area contributed by atoms with Crippen LogP contribution in [0.4, 0.5) is 10.1 Å². The van der Waals surface area contributed by atoms with Gasteiger partial charge in [-0.2, -0.15) is 0 Å². The summed E-state index contributed by atoms with van der Waals surface area (Å²) in [7, 11) is 0. The minimum atomic E-state index is -0.383. The van der Waals surface area contributed by atoms with E-state index in [9.17, 15) is 9.18 Å². The van der Waals surface area contributed by atoms with Crippen molar-refractivity contribution < 1.29 is 9.18 Å². The highest BCUT2D eigenvalue weighted by molar-refractivity contribution is 9.10. The third-order valence-electron chi connectivity index (χ3n) is 3.15. The molecule has 0 radical (unpaired) electrons. The number of fused-ring (bicyclic) bond motifs is 1. The molecule has 98 valence electrons. The molecule has 0 aliphatic heterocycles. The maximum absolute atomic E-state index is 13.4. The van der Waals surface area contributed by atoms with Crippen molar-refractivity contribution in [2.24, 2.45) is 0 Å². The molecule has 2 nitrogen and oxygen atoms in total. The fraction of sp³-hybridized carbons (Fsp3) is 0.214. The first-order chi connectivity index (χ1) is 9.13. The first-order valence-corrected chi connectivity index (χ1v) is 7.62. The number of halogens is 2. The van der Waals surface area contributed by atoms with Gasteiger partial charge in [-0.15, -0.1) is 11.3 Å². The molecule has 0 saturated carbocycles. The molecule has 1 N–H and O–H groups in total. The number of carbonyl (C=O) groups excluding carboxylic acids is 1. The van der Waals surface area contributed by atoms with Gasteiger partial charge in [-0.25, -0.2) is 4.39 Å². The number of thiophene rings is 1. The van der Waals surface area contributed by atoms with Crippen LogP contribution >= 0.6 is 27.3 Å². The molecule has 19 heavy (non-hydrogen) atoms. The summed E-state index contributed by atoms with van der Waals surface area (Å²) in [4.78, 5) is 14.1. The van der Waals surface area contributed by atoms with Crippen LogP contribution < -0.4 is 5.32 Å². The number of aryl methyl sites for hydroxylation is 2. The van der Waals surface area contributed by atoms with Crippen LogP contribution in [-0.4, -0.2) is 5.91 Å². The summed E-state index contributed by atoms with van der Waals surface area (Å²) < 4.78 is 13.8. The second-order valence-electron chi connectivity index (χ2n) is 4.50. The van der Waals surface area contributed by atoms with E-state index in [1.54, 1.807) is 23.5 Å². The van der Waals surface area contributed by atoms with Gasteiger partial charge in [0.1, 0.15) is 5.82 Å². The Hall–Kier alpha value is -1.20. The Kier molecular flexibility index (Phi) is 3.41. The van der Waals surface area contributed by atoms with Crippen LogP contribution in [0, 0.1) is 5.82 Å². The van der Waals surface area contributed by atoms with Crippen molar-refractivity contribution in [3.63, 3.8) is 0 Å². The topological polar surface area (TPSA) is 29.1 Å². The van der Waals surface area contributed by atoms with Crippen LogP contribution in [0.5, 0.6) is 0 Å². The molecule has 1 amide bonds. The largest absolute Gasteiger partial charge is 0.321 e. The summed E-state index contributed by atoms with van der Waals surface area (Å²) >= 11 is 4.63. The number of benzene rings is 1. The molecule has 5 heteroatoms. The van der Waals surface area contributed by atoms with Gasteiger partial charge in [-0.05, 0) is 65.0 Å². The summed E-state index contributed by atoms with van der Waals surface area (Å²) in [5.74, 6) is -0.549. The van der Waals surface area contributed by atoms with Crippen molar-refractivity contribution in [2.45, 2.75) is 19.3 Å². The fourth-order valence-corrected chi connectivity index (χ4v) is 3.60. The first kappa shape index (κ1) is 12.8. The standard InChI is InChI=1S/C14H11BrFNOS/c15-10-5-4-9(7-11(10)16)17-14(18)13-6-8-2-1-3-12(8)19-13/h4-7H,1-3H2,(H,17,18). The maximum atomic E-state index is 13.4. The van der Waals surface area contributed by atoms with Gasteiger partial charge in [0.2, 0.25) is 0 Å². The molecule has 1 aliphatic carbocycles. The van der Waals surface area contributed by atoms with E-state index < -0.39 is 0 Å². The molecule has 1 aromatic carbocycles. The van der Waals surface area contributed by atoms with Crippen molar-refractivity contribution in [3.05, 3.63) is 49.9 Å². The summed E-state index contributed by atoms with van der Waals surface area (Å²) in [6.45, 7) is 0. The highest BCUT2D eigenvalue weighted by Gasteiger charge is 2.18. The van der Waals surface area contributed by atoms with E-state index in [0.717, 1.165) is 12.8 Å². The van der Waals surface area contributed by atoms with E-state index in [0.29, 0.717) is 15.0 Å². The van der Waals surface area contributed by atoms with Crippen molar-refractivity contribution in [1.29, 1.82) is 0 Å². The SMILES string of the molecule is O=C(Nc1ccc(Br)c(F)c1)c1cc2c(s1)CCC2. The molecule has 3 rings (SSSR count). The molecular formula is C14H11BrFNOS. The Morgan fingerprint density at radius 1 is 1.32 bits per heavy atom. The third kappa shape index (κ3) is 2.58. The lowest BCUT2D eigenvalue weighted by molar-refractivity contribution is 0.103. The van der Waals surface area contributed by atoms with Gasteiger partial charge in [0, 0.05) is 10.6 Å². The van der Waals surface area contributed by atoms with Crippen LogP contribution in [0.15, 0.2) is 28.7 Å². The van der Waals surface area contributed by atoms with E-state index in [-0.39, 0.29) is 11.7 Å². The molecule has 0 atom stereocenters. The number of carbonyl (C=O) groups is 1. The Bertz CT molecular complexity index is 631. The normalized spacial score (nSPS) is 13.4. The third-order valence-corrected chi connectivity index (χ3v) is 5.03. The minimum absolute atomic E-state index is 0.166. The summed E-state index contributed by atoms with van der Waals surface area (Å²) in [6, 6.07) is 6.52. The predicted octanol–water partition coefficient (Wildman–Crippen LogP) is 4.39. The van der Waals surface area contributed by atoms with Gasteiger partial charge in [-0.3, -0.25) is 4.79 Å². The summed E-state index contributed by atoms with van der Waals surface area (Å²) in [5, 5.41) is 2.73. The number of anilines is 1. The maximum Gasteiger partial charge on any atom is 0.265 e. The average molecular weight is 340 g/mol. The van der Waals surface area contributed by atoms with Crippen molar-refractivity contribution in [1.82, 2.24) is 0 Å². The summed E-state index contributed by atoms with van der Waals surface area (Å²) in [5.41, 5.74) is 1.76. The summed E-state index contributed by atoms with van der Waals surface area (Å²) in [6.07, 6.45) is 3.31. The zero-order chi connectivity index (χ0) is 13.4. The van der Waals surface area contributed by atoms with E-state index in [4.69, 9.17) is 0 Å². The Labute approximate surface area is 122 Å². The molecule has 0 unspecified atom stereocenters. The molecule has 0 fully saturated rings. The second kappa shape index (κ2) is 5.06. The van der Waals surface area contributed by atoms with E-state index in [1.807, 2.05) is 6.07 Å². The van der Waals surface area contributed by atoms with Crippen LogP contribution in [0.1, 0.15) is 26.5 Å². The number of hydrogen-bond acceptors (Lipinski definition) is 2. The zero-order valence-corrected chi connectivity index (χ0v) is 12.4. The van der Waals surface area contributed by atoms with Crippen molar-refractivity contribution >= 4 is 38.9 Å². The van der Waals surface area contributed by atoms with E-state index in [2.05, 4.69) is 21.2 Å². The minimum Gasteiger partial charge on any atom is -0.321 e. The smallest absolute Gasteiger partial charge is 0.265 e. The zero-order valence-electron chi connectivity index (χ0n) is 10.0. The number of nitrogens with one attached hydrogen (secondary N) is 1. The van der Waals surface area contributed by atoms with Gasteiger partial charge in [0.15, 0.2) is 0 Å². The lowest BCUT2D eigenvalue weighted by Crippen LogP contribution is -2.10. The van der Waals surface area contributed by atoms with Gasteiger partial charge in [0.25, 0.3) is 5.91 Å². The molecule has 0 saturated heterocycles. The number of hydrogen-bond donors (Lipinski definition) is 1. The van der Waals surface area contributed by atoms with E-state index in [1.165, 1.54) is 22.9 Å². The molecular weight excluding hydrogens is 329 g/mol. The van der Waals surface area contributed by atoms with Crippen LogP contribution in [0.25, 0.3) is 0 Å². The number of rotatable bonds is 2. The van der Waals surface area contributed by atoms with Crippen LogP contribution in [0.2, 0.25) is 0 Å². The lowest BCUT2D eigenvalue weighted by atomic mass is 10.2. The molecule has 0 bridgehead atoms. The van der Waals surface area contributed by atoms with Crippen LogP contribution in [0.3, 0.4) is 0 Å². The quantitative estimate of drug-likeness (QED) is 0.863. The molecule has 0 spiro atoms.